The van der Waals surface area contributed by atoms with Crippen molar-refractivity contribution in [1.29, 1.82) is 5.26 Å². The lowest BCUT2D eigenvalue weighted by molar-refractivity contribution is -0.139. The fourth-order valence-electron chi connectivity index (χ4n) is 2.46. The van der Waals surface area contributed by atoms with Crippen molar-refractivity contribution in [1.82, 2.24) is 4.98 Å². The number of rotatable bonds is 6. The Morgan fingerprint density at radius 3 is 2.73 bits per heavy atom. The average molecular weight is 380 g/mol. The van der Waals surface area contributed by atoms with Crippen LogP contribution in [0.3, 0.4) is 0 Å². The molecule has 2 aromatic heterocycles. The van der Waals surface area contributed by atoms with Gasteiger partial charge in [-0.3, -0.25) is 4.79 Å². The van der Waals surface area contributed by atoms with Crippen LogP contribution < -0.4 is 0 Å². The molecule has 0 N–H and O–H groups in total. The van der Waals surface area contributed by atoms with Crippen LogP contribution in [0.2, 0.25) is 0 Å². The summed E-state index contributed by atoms with van der Waals surface area (Å²) in [6.45, 7) is 2.11. The van der Waals surface area contributed by atoms with Crippen LogP contribution in [-0.4, -0.2) is 23.3 Å². The Morgan fingerprint density at radius 2 is 2.08 bits per heavy atom. The van der Waals surface area contributed by atoms with Crippen LogP contribution in [0.1, 0.15) is 12.5 Å². The van der Waals surface area contributed by atoms with Crippen LogP contribution in [0.25, 0.3) is 21.7 Å². The molecule has 0 aliphatic carbocycles. The summed E-state index contributed by atoms with van der Waals surface area (Å²) in [5.41, 5.74) is 3.04. The summed E-state index contributed by atoms with van der Waals surface area (Å²) >= 11 is 2.82. The molecule has 4 nitrogen and oxygen atoms in total. The van der Waals surface area contributed by atoms with E-state index in [1.165, 1.54) is 11.8 Å². The predicted molar refractivity (Wildman–Crippen MR) is 105 cm³/mol. The van der Waals surface area contributed by atoms with Crippen molar-refractivity contribution < 1.29 is 9.53 Å². The van der Waals surface area contributed by atoms with Crippen molar-refractivity contribution in [2.45, 2.75) is 11.9 Å². The van der Waals surface area contributed by atoms with Crippen molar-refractivity contribution in [2.24, 2.45) is 0 Å². The molecule has 0 amide bonds. The summed E-state index contributed by atoms with van der Waals surface area (Å²) < 4.78 is 4.99. The summed E-state index contributed by atoms with van der Waals surface area (Å²) in [4.78, 5) is 17.4. The number of nitrogens with zero attached hydrogens (tertiary/aromatic N) is 2. The number of benzene rings is 1. The van der Waals surface area contributed by atoms with Crippen molar-refractivity contribution in [3.05, 3.63) is 59.5 Å². The smallest absolute Gasteiger partial charge is 0.316 e. The third-order valence-corrected chi connectivity index (χ3v) is 5.43. The summed E-state index contributed by atoms with van der Waals surface area (Å²) in [6.07, 6.45) is 0. The standard InChI is InChI=1S/C20H16N2O2S2/c1-2-24-19(23)13-26-20-16(12-21)15(14-7-4-3-5-8-14)11-17(22-20)18-9-6-10-25-18/h3-11H,2,13H2,1H3. The van der Waals surface area contributed by atoms with Gasteiger partial charge in [-0.2, -0.15) is 5.26 Å². The van der Waals surface area contributed by atoms with Gasteiger partial charge in [0, 0.05) is 5.56 Å². The average Bonchev–Trinajstić information content (AvgIpc) is 3.21. The first-order chi connectivity index (χ1) is 12.7. The molecule has 0 atom stereocenters. The maximum atomic E-state index is 11.7. The number of hydrogen-bond donors (Lipinski definition) is 0. The van der Waals surface area contributed by atoms with Crippen LogP contribution in [0.5, 0.6) is 0 Å². The van der Waals surface area contributed by atoms with Gasteiger partial charge >= 0.3 is 5.97 Å². The summed E-state index contributed by atoms with van der Waals surface area (Å²) in [6, 6.07) is 17.9. The van der Waals surface area contributed by atoms with Crippen LogP contribution in [0, 0.1) is 11.3 Å². The Bertz CT molecular complexity index is 932. The highest BCUT2D eigenvalue weighted by molar-refractivity contribution is 7.99. The molecule has 0 bridgehead atoms. The first-order valence-electron chi connectivity index (χ1n) is 8.05. The van der Waals surface area contributed by atoms with E-state index in [9.17, 15) is 10.1 Å². The van der Waals surface area contributed by atoms with E-state index < -0.39 is 0 Å². The van der Waals surface area contributed by atoms with Gasteiger partial charge in [0.25, 0.3) is 0 Å². The number of carbonyl (C=O) groups is 1. The van der Waals surface area contributed by atoms with E-state index in [1.807, 2.05) is 53.9 Å². The number of thioether (sulfide) groups is 1. The fourth-order valence-corrected chi connectivity index (χ4v) is 3.95. The van der Waals surface area contributed by atoms with Gasteiger partial charge in [0.15, 0.2) is 0 Å². The maximum absolute atomic E-state index is 11.7. The Labute approximate surface area is 160 Å². The molecule has 3 rings (SSSR count). The second kappa shape index (κ2) is 8.65. The zero-order valence-corrected chi connectivity index (χ0v) is 15.8. The van der Waals surface area contributed by atoms with E-state index in [2.05, 4.69) is 11.1 Å². The Balaban J connectivity index is 2.08. The quantitative estimate of drug-likeness (QED) is 0.445. The zero-order chi connectivity index (χ0) is 18.4. The third-order valence-electron chi connectivity index (χ3n) is 3.59. The summed E-state index contributed by atoms with van der Waals surface area (Å²) in [7, 11) is 0. The monoisotopic (exact) mass is 380 g/mol. The Hall–Kier alpha value is -2.62. The molecule has 3 aromatic rings. The molecule has 0 fully saturated rings. The number of hydrogen-bond acceptors (Lipinski definition) is 6. The number of ether oxygens (including phenoxy) is 1. The molecule has 0 spiro atoms. The highest BCUT2D eigenvalue weighted by Crippen LogP contribution is 2.35. The lowest BCUT2D eigenvalue weighted by atomic mass is 10.0. The molecule has 6 heteroatoms. The van der Waals surface area contributed by atoms with Crippen LogP contribution in [0.4, 0.5) is 0 Å². The van der Waals surface area contributed by atoms with Gasteiger partial charge in [-0.25, -0.2) is 4.98 Å². The van der Waals surface area contributed by atoms with E-state index in [4.69, 9.17) is 4.74 Å². The number of thiophene rings is 1. The normalized spacial score (nSPS) is 10.3. The molecule has 0 saturated heterocycles. The lowest BCUT2D eigenvalue weighted by Crippen LogP contribution is -2.07. The van der Waals surface area contributed by atoms with E-state index in [0.717, 1.165) is 21.7 Å². The topological polar surface area (TPSA) is 63.0 Å². The summed E-state index contributed by atoms with van der Waals surface area (Å²) in [5.74, 6) is -0.191. The van der Waals surface area contributed by atoms with Crippen molar-refractivity contribution in [3.63, 3.8) is 0 Å². The SMILES string of the molecule is CCOC(=O)CSc1nc(-c2cccs2)cc(-c2ccccc2)c1C#N. The number of pyridine rings is 1. The molecular weight excluding hydrogens is 364 g/mol. The second-order valence-corrected chi connectivity index (χ2v) is 7.20. The van der Waals surface area contributed by atoms with E-state index in [0.29, 0.717) is 17.2 Å². The molecule has 0 aliphatic heterocycles. The lowest BCUT2D eigenvalue weighted by Gasteiger charge is -2.11. The first kappa shape index (κ1) is 18.2. The first-order valence-corrected chi connectivity index (χ1v) is 9.92. The minimum absolute atomic E-state index is 0.123. The Kier molecular flexibility index (Phi) is 6.05. The summed E-state index contributed by atoms with van der Waals surface area (Å²) in [5, 5.41) is 12.3. The number of carbonyl (C=O) groups excluding carboxylic acids is 1. The minimum atomic E-state index is -0.314. The van der Waals surface area contributed by atoms with Gasteiger partial charge in [0.1, 0.15) is 11.1 Å². The van der Waals surface area contributed by atoms with Gasteiger partial charge < -0.3 is 4.74 Å². The van der Waals surface area contributed by atoms with Crippen molar-refractivity contribution in [3.8, 4) is 27.8 Å². The van der Waals surface area contributed by atoms with Gasteiger partial charge in [-0.1, -0.05) is 48.2 Å². The van der Waals surface area contributed by atoms with Crippen LogP contribution in [-0.2, 0) is 9.53 Å². The minimum Gasteiger partial charge on any atom is -0.465 e. The highest BCUT2D eigenvalue weighted by atomic mass is 32.2. The Morgan fingerprint density at radius 1 is 1.27 bits per heavy atom. The van der Waals surface area contributed by atoms with Crippen molar-refractivity contribution in [2.75, 3.05) is 12.4 Å². The highest BCUT2D eigenvalue weighted by Gasteiger charge is 2.17. The van der Waals surface area contributed by atoms with Crippen LogP contribution in [0.15, 0.2) is 58.9 Å². The number of aromatic nitrogens is 1. The van der Waals surface area contributed by atoms with E-state index in [1.54, 1.807) is 18.3 Å². The van der Waals surface area contributed by atoms with E-state index >= 15 is 0 Å². The third kappa shape index (κ3) is 4.13. The van der Waals surface area contributed by atoms with Crippen LogP contribution >= 0.6 is 23.1 Å². The molecule has 130 valence electrons. The molecule has 26 heavy (non-hydrogen) atoms. The largest absolute Gasteiger partial charge is 0.465 e. The van der Waals surface area contributed by atoms with Crippen molar-refractivity contribution >= 4 is 29.1 Å². The van der Waals surface area contributed by atoms with Gasteiger partial charge in [0.2, 0.25) is 0 Å². The second-order valence-electron chi connectivity index (χ2n) is 5.28. The molecule has 0 aliphatic rings. The van der Waals surface area contributed by atoms with Gasteiger partial charge in [0.05, 0.1) is 28.5 Å². The zero-order valence-electron chi connectivity index (χ0n) is 14.1. The molecular formula is C20H16N2O2S2. The maximum Gasteiger partial charge on any atom is 0.316 e. The predicted octanol–water partition coefficient (Wildman–Crippen LogP) is 5.00. The fraction of sp³-hybridized carbons (Fsp3) is 0.150. The van der Waals surface area contributed by atoms with Gasteiger partial charge in [-0.05, 0) is 30.0 Å². The van der Waals surface area contributed by atoms with Gasteiger partial charge in [-0.15, -0.1) is 11.3 Å². The number of nitriles is 1. The molecule has 2 heterocycles. The van der Waals surface area contributed by atoms with E-state index in [-0.39, 0.29) is 11.7 Å². The molecule has 0 saturated carbocycles. The molecule has 1 aromatic carbocycles. The number of esters is 1. The molecule has 0 unspecified atom stereocenters. The molecule has 0 radical (unpaired) electrons.